The third kappa shape index (κ3) is 6.23. The molecule has 0 radical (unpaired) electrons. The molecule has 1 aromatic carbocycles. The minimum Gasteiger partial charge on any atom is -0.455 e. The lowest BCUT2D eigenvalue weighted by molar-refractivity contribution is -0.162. The van der Waals surface area contributed by atoms with Gasteiger partial charge in [0.15, 0.2) is 0 Å². The summed E-state index contributed by atoms with van der Waals surface area (Å²) in [6.45, 7) is 14.8. The molecule has 1 aromatic rings. The summed E-state index contributed by atoms with van der Waals surface area (Å²) in [7, 11) is 0. The number of carbonyl (C=O) groups excluding carboxylic acids is 4. The summed E-state index contributed by atoms with van der Waals surface area (Å²) < 4.78 is 12.7. The van der Waals surface area contributed by atoms with Crippen molar-refractivity contribution < 1.29 is 33.8 Å². The van der Waals surface area contributed by atoms with Gasteiger partial charge in [-0.2, -0.15) is 0 Å². The van der Waals surface area contributed by atoms with E-state index in [1.165, 1.54) is 4.90 Å². The number of nitrogens with one attached hydrogen (secondary N) is 1. The predicted octanol–water partition coefficient (Wildman–Crippen LogP) is 3.30. The molecule has 8 atom stereocenters. The van der Waals surface area contributed by atoms with E-state index in [2.05, 4.69) is 34.4 Å². The second kappa shape index (κ2) is 13.5. The van der Waals surface area contributed by atoms with Crippen LogP contribution in [0.2, 0.25) is 0 Å². The molecule has 2 N–H and O–H groups in total. The van der Waals surface area contributed by atoms with Gasteiger partial charge in [0.25, 0.3) is 0 Å². The molecular formula is C33H44BrN3O7. The van der Waals surface area contributed by atoms with Crippen LogP contribution in [0.4, 0.5) is 0 Å². The van der Waals surface area contributed by atoms with Gasteiger partial charge < -0.3 is 29.7 Å². The molecule has 3 fully saturated rings. The highest BCUT2D eigenvalue weighted by Crippen LogP contribution is 2.60. The molecule has 11 heteroatoms. The smallest absolute Gasteiger partial charge is 0.313 e. The van der Waals surface area contributed by atoms with E-state index in [1.54, 1.807) is 24.0 Å². The first-order valence-corrected chi connectivity index (χ1v) is 16.0. The van der Waals surface area contributed by atoms with E-state index in [0.29, 0.717) is 18.4 Å². The Morgan fingerprint density at radius 2 is 1.93 bits per heavy atom. The van der Waals surface area contributed by atoms with Crippen molar-refractivity contribution in [1.29, 1.82) is 0 Å². The van der Waals surface area contributed by atoms with Gasteiger partial charge in [-0.3, -0.25) is 19.2 Å². The number of benzene rings is 1. The molecule has 3 aliphatic heterocycles. The normalized spacial score (nSPS) is 28.6. The van der Waals surface area contributed by atoms with Crippen LogP contribution in [0, 0.1) is 11.8 Å². The van der Waals surface area contributed by atoms with E-state index < -0.39 is 59.1 Å². The zero-order chi connectivity index (χ0) is 32.4. The first-order valence-electron chi connectivity index (χ1n) is 15.1. The zero-order valence-corrected chi connectivity index (χ0v) is 27.5. The van der Waals surface area contributed by atoms with Crippen LogP contribution in [-0.2, 0) is 28.7 Å². The van der Waals surface area contributed by atoms with E-state index in [4.69, 9.17) is 9.47 Å². The van der Waals surface area contributed by atoms with Gasteiger partial charge in [0, 0.05) is 29.9 Å². The first kappa shape index (κ1) is 33.9. The number of hydrogen-bond acceptors (Lipinski definition) is 7. The zero-order valence-electron chi connectivity index (χ0n) is 25.9. The van der Waals surface area contributed by atoms with E-state index >= 15 is 0 Å². The van der Waals surface area contributed by atoms with Crippen molar-refractivity contribution in [3.63, 3.8) is 0 Å². The maximum absolute atomic E-state index is 14.3. The van der Waals surface area contributed by atoms with Crippen LogP contribution in [-0.4, -0.2) is 92.4 Å². The van der Waals surface area contributed by atoms with Crippen LogP contribution < -0.4 is 5.32 Å². The van der Waals surface area contributed by atoms with Gasteiger partial charge in [-0.15, -0.1) is 13.2 Å². The molecule has 1 unspecified atom stereocenters. The molecule has 44 heavy (non-hydrogen) atoms. The van der Waals surface area contributed by atoms with E-state index in [9.17, 15) is 24.3 Å². The Kier molecular flexibility index (Phi) is 10.4. The average Bonchev–Trinajstić information content (AvgIpc) is 3.56. The van der Waals surface area contributed by atoms with Gasteiger partial charge in [0.2, 0.25) is 17.7 Å². The quantitative estimate of drug-likeness (QED) is 0.187. The molecule has 3 heterocycles. The highest BCUT2D eigenvalue weighted by molar-refractivity contribution is 9.09. The number of aliphatic hydroxyl groups is 1. The Morgan fingerprint density at radius 3 is 2.52 bits per heavy atom. The second-order valence-corrected chi connectivity index (χ2v) is 14.0. The lowest BCUT2D eigenvalue weighted by atomic mass is 9.70. The third-order valence-corrected chi connectivity index (χ3v) is 9.66. The van der Waals surface area contributed by atoms with E-state index in [1.807, 2.05) is 51.1 Å². The van der Waals surface area contributed by atoms with E-state index in [0.717, 1.165) is 0 Å². The molecule has 3 aliphatic rings. The number of aliphatic hydroxyl groups excluding tert-OH is 1. The van der Waals surface area contributed by atoms with Crippen LogP contribution in [0.5, 0.6) is 0 Å². The van der Waals surface area contributed by atoms with Crippen molar-refractivity contribution in [2.45, 2.75) is 87.2 Å². The number of likely N-dealkylation sites (tertiary alicyclic amines) is 1. The Labute approximate surface area is 267 Å². The standard InChI is InChI=1S/C33H44BrN3O7/c1-7-9-15-23(39)35-20(3)26(21-13-11-10-12-14-21)43-31(42)24-25-29(40)36(17-18-38)28(33(25)19-22(34)27(24)44-33)30(41)37(16-8-2)32(4,5)6/h7-8,10-14,20,22,24-28,38H,1-2,9,15-19H2,3-6H3,(H,35,39)/t20-,22?,24-,25+,26-,27-,28-,33+/m0/s1. The first-order chi connectivity index (χ1) is 20.8. The van der Waals surface area contributed by atoms with Crippen molar-refractivity contribution in [3.8, 4) is 0 Å². The molecule has 2 bridgehead atoms. The number of allylic oxidation sites excluding steroid dienone is 1. The highest BCUT2D eigenvalue weighted by atomic mass is 79.9. The summed E-state index contributed by atoms with van der Waals surface area (Å²) in [5.41, 5.74) is -1.20. The van der Waals surface area contributed by atoms with Crippen molar-refractivity contribution in [2.75, 3.05) is 19.7 Å². The minimum atomic E-state index is -1.29. The number of halogens is 1. The van der Waals surface area contributed by atoms with Gasteiger partial charge in [0.1, 0.15) is 17.7 Å². The molecule has 0 saturated carbocycles. The maximum atomic E-state index is 14.3. The molecule has 0 aliphatic carbocycles. The lowest BCUT2D eigenvalue weighted by Gasteiger charge is -2.42. The molecular weight excluding hydrogens is 630 g/mol. The lowest BCUT2D eigenvalue weighted by Crippen LogP contribution is -2.60. The summed E-state index contributed by atoms with van der Waals surface area (Å²) in [6.07, 6.45) is 2.84. The van der Waals surface area contributed by atoms with Crippen LogP contribution >= 0.6 is 15.9 Å². The number of carbonyl (C=O) groups is 4. The Morgan fingerprint density at radius 1 is 1.25 bits per heavy atom. The minimum absolute atomic E-state index is 0.0806. The molecule has 1 spiro atoms. The van der Waals surface area contributed by atoms with Crippen molar-refractivity contribution in [2.24, 2.45) is 11.8 Å². The molecule has 4 rings (SSSR count). The fourth-order valence-corrected chi connectivity index (χ4v) is 7.88. The number of amides is 3. The second-order valence-electron chi connectivity index (χ2n) is 12.8. The Hall–Kier alpha value is -3.02. The Balaban J connectivity index is 1.69. The summed E-state index contributed by atoms with van der Waals surface area (Å²) in [5.74, 6) is -3.57. The maximum Gasteiger partial charge on any atom is 0.313 e. The van der Waals surface area contributed by atoms with Crippen molar-refractivity contribution >= 4 is 39.6 Å². The summed E-state index contributed by atoms with van der Waals surface area (Å²) in [6, 6.07) is 7.49. The van der Waals surface area contributed by atoms with E-state index in [-0.39, 0.29) is 42.8 Å². The fraction of sp³-hybridized carbons (Fsp3) is 0.576. The molecule has 3 saturated heterocycles. The molecule has 10 nitrogen and oxygen atoms in total. The number of fused-ring (bicyclic) bond motifs is 1. The van der Waals surface area contributed by atoms with Gasteiger partial charge in [-0.05, 0) is 46.1 Å². The monoisotopic (exact) mass is 673 g/mol. The number of alkyl halides is 1. The van der Waals surface area contributed by atoms with Gasteiger partial charge in [-0.1, -0.05) is 58.4 Å². The van der Waals surface area contributed by atoms with Crippen LogP contribution in [0.1, 0.15) is 58.6 Å². The third-order valence-electron chi connectivity index (χ3n) is 8.81. The molecule has 0 aromatic heterocycles. The van der Waals surface area contributed by atoms with Gasteiger partial charge in [-0.25, -0.2) is 0 Å². The summed E-state index contributed by atoms with van der Waals surface area (Å²) in [4.78, 5) is 57.8. The van der Waals surface area contributed by atoms with Crippen molar-refractivity contribution in [1.82, 2.24) is 15.1 Å². The van der Waals surface area contributed by atoms with Gasteiger partial charge in [0.05, 0.1) is 30.6 Å². The number of hydrogen-bond donors (Lipinski definition) is 2. The number of esters is 1. The topological polar surface area (TPSA) is 125 Å². The summed E-state index contributed by atoms with van der Waals surface area (Å²) >= 11 is 3.68. The average molecular weight is 675 g/mol. The molecule has 3 amide bonds. The van der Waals surface area contributed by atoms with Crippen LogP contribution in [0.3, 0.4) is 0 Å². The van der Waals surface area contributed by atoms with Crippen LogP contribution in [0.25, 0.3) is 0 Å². The van der Waals surface area contributed by atoms with Crippen molar-refractivity contribution in [3.05, 3.63) is 61.2 Å². The van der Waals surface area contributed by atoms with Crippen LogP contribution in [0.15, 0.2) is 55.6 Å². The van der Waals surface area contributed by atoms with Gasteiger partial charge >= 0.3 is 5.97 Å². The number of ether oxygens (including phenoxy) is 2. The highest BCUT2D eigenvalue weighted by Gasteiger charge is 2.77. The SMILES string of the molecule is C=CCCC(=O)N[C@@H](C)[C@H](OC(=O)[C@@H]1[C@H]2O[C@@]3(CC2Br)[C@H](C(=O)N(CC=C)C(C)(C)C)N(CCO)C(=O)[C@@H]13)c1ccccc1. The molecule has 240 valence electrons. The predicted molar refractivity (Wildman–Crippen MR) is 168 cm³/mol. The largest absolute Gasteiger partial charge is 0.455 e. The summed E-state index contributed by atoms with van der Waals surface area (Å²) in [5, 5.41) is 12.8. The Bertz CT molecular complexity index is 1270. The fourth-order valence-electron chi connectivity index (χ4n) is 6.94. The number of nitrogens with zero attached hydrogens (tertiary/aromatic N) is 2. The number of β-amino-alcohol motifs (C(OH)–C–C–N with tert-alkyl or cyclic N) is 1. The number of rotatable bonds is 13.